The fraction of sp³-hybridized carbons (Fsp3) is 0.560. The van der Waals surface area contributed by atoms with Gasteiger partial charge in [-0.25, -0.2) is 4.79 Å². The fourth-order valence-electron chi connectivity index (χ4n) is 3.61. The summed E-state index contributed by atoms with van der Waals surface area (Å²) in [5, 5.41) is 26.4. The number of aromatic hydroxyl groups is 1. The average molecular weight is 569 g/mol. The van der Waals surface area contributed by atoms with Crippen LogP contribution in [0.2, 0.25) is 0 Å². The standard InChI is InChI=1S/C25H40N6O7S/c1-39-13-11-20(25(37)38)31-23(35)18(4-2-3-12-26)30-24(36)19(9-10-21(28)33)29-22(34)17(27)14-15-5-7-16(32)8-6-15/h5-8,17-20,32H,2-4,9-14,26-27H2,1H3,(H2,28,33)(H,29,34)(H,30,36)(H,31,35)(H,37,38)/t17-,18-,19-,20-/m0/s1. The van der Waals surface area contributed by atoms with Gasteiger partial charge in [0, 0.05) is 6.42 Å². The van der Waals surface area contributed by atoms with Crippen molar-refractivity contribution in [1.29, 1.82) is 0 Å². The molecular formula is C25H40N6O7S. The van der Waals surface area contributed by atoms with Crippen LogP contribution in [0.1, 0.15) is 44.1 Å². The number of carboxylic acids is 1. The topological polar surface area (TPSA) is 240 Å². The molecule has 0 radical (unpaired) electrons. The molecule has 0 aliphatic heterocycles. The molecule has 0 saturated carbocycles. The molecule has 218 valence electrons. The molecule has 14 heteroatoms. The molecule has 0 saturated heterocycles. The number of unbranched alkanes of at least 4 members (excludes halogenated alkanes) is 1. The number of benzene rings is 1. The summed E-state index contributed by atoms with van der Waals surface area (Å²) in [7, 11) is 0. The molecule has 1 aromatic carbocycles. The first kappa shape index (κ1) is 33.7. The maximum absolute atomic E-state index is 13.2. The second kappa shape index (κ2) is 18.0. The van der Waals surface area contributed by atoms with Gasteiger partial charge in [-0.1, -0.05) is 12.1 Å². The number of carbonyl (C=O) groups is 5. The number of nitrogens with two attached hydrogens (primary N) is 3. The van der Waals surface area contributed by atoms with Crippen LogP contribution < -0.4 is 33.2 Å². The Kier molecular flexibility index (Phi) is 15.6. The van der Waals surface area contributed by atoms with E-state index in [4.69, 9.17) is 17.2 Å². The Balaban J connectivity index is 2.99. The van der Waals surface area contributed by atoms with Crippen LogP contribution in [-0.4, -0.2) is 82.5 Å². The number of aliphatic carboxylic acids is 1. The van der Waals surface area contributed by atoms with Gasteiger partial charge in [-0.05, 0) is 74.8 Å². The predicted molar refractivity (Wildman–Crippen MR) is 148 cm³/mol. The summed E-state index contributed by atoms with van der Waals surface area (Å²) in [6, 6.07) is 1.61. The Morgan fingerprint density at radius 1 is 0.872 bits per heavy atom. The van der Waals surface area contributed by atoms with Crippen LogP contribution in [0.15, 0.2) is 24.3 Å². The monoisotopic (exact) mass is 568 g/mol. The van der Waals surface area contributed by atoms with E-state index in [1.165, 1.54) is 23.9 Å². The number of phenols is 1. The number of hydrogen-bond donors (Lipinski definition) is 8. The Labute approximate surface area is 232 Å². The largest absolute Gasteiger partial charge is 0.508 e. The molecule has 0 unspecified atom stereocenters. The molecule has 1 aromatic rings. The van der Waals surface area contributed by atoms with Crippen LogP contribution in [0.3, 0.4) is 0 Å². The van der Waals surface area contributed by atoms with Gasteiger partial charge in [-0.15, -0.1) is 0 Å². The van der Waals surface area contributed by atoms with Crippen molar-refractivity contribution in [3.63, 3.8) is 0 Å². The zero-order chi connectivity index (χ0) is 29.4. The lowest BCUT2D eigenvalue weighted by molar-refractivity contribution is -0.142. The predicted octanol–water partition coefficient (Wildman–Crippen LogP) is -1.05. The number of nitrogens with one attached hydrogen (secondary N) is 3. The van der Waals surface area contributed by atoms with Gasteiger partial charge in [0.15, 0.2) is 0 Å². The Hall–Kier alpha value is -3.36. The molecule has 0 aliphatic carbocycles. The van der Waals surface area contributed by atoms with E-state index in [9.17, 15) is 34.2 Å². The van der Waals surface area contributed by atoms with Crippen molar-refractivity contribution in [3.05, 3.63) is 29.8 Å². The minimum absolute atomic E-state index is 0.0592. The molecule has 0 spiro atoms. The molecule has 0 aromatic heterocycles. The van der Waals surface area contributed by atoms with Crippen molar-refractivity contribution in [3.8, 4) is 5.75 Å². The van der Waals surface area contributed by atoms with Crippen molar-refractivity contribution in [2.24, 2.45) is 17.2 Å². The van der Waals surface area contributed by atoms with E-state index in [1.54, 1.807) is 12.1 Å². The van der Waals surface area contributed by atoms with E-state index < -0.39 is 53.8 Å². The van der Waals surface area contributed by atoms with Crippen LogP contribution in [-0.2, 0) is 30.4 Å². The van der Waals surface area contributed by atoms with Crippen LogP contribution in [0.25, 0.3) is 0 Å². The Bertz CT molecular complexity index is 963. The molecule has 4 atom stereocenters. The number of thioether (sulfide) groups is 1. The Morgan fingerprint density at radius 3 is 1.97 bits per heavy atom. The number of hydrogen-bond acceptors (Lipinski definition) is 9. The van der Waals surface area contributed by atoms with Crippen LogP contribution >= 0.6 is 11.8 Å². The molecule has 39 heavy (non-hydrogen) atoms. The van der Waals surface area contributed by atoms with E-state index in [2.05, 4.69) is 16.0 Å². The molecular weight excluding hydrogens is 528 g/mol. The first-order valence-corrected chi connectivity index (χ1v) is 14.0. The van der Waals surface area contributed by atoms with E-state index in [1.807, 2.05) is 6.26 Å². The van der Waals surface area contributed by atoms with E-state index >= 15 is 0 Å². The third kappa shape index (κ3) is 13.3. The Morgan fingerprint density at radius 2 is 1.44 bits per heavy atom. The van der Waals surface area contributed by atoms with Crippen molar-refractivity contribution in [2.75, 3.05) is 18.6 Å². The highest BCUT2D eigenvalue weighted by Crippen LogP contribution is 2.11. The maximum atomic E-state index is 13.2. The summed E-state index contributed by atoms with van der Waals surface area (Å²) in [6.07, 6.45) is 3.01. The smallest absolute Gasteiger partial charge is 0.326 e. The molecule has 0 aliphatic rings. The first-order chi connectivity index (χ1) is 18.5. The fourth-order valence-corrected chi connectivity index (χ4v) is 4.08. The van der Waals surface area contributed by atoms with E-state index in [0.717, 1.165) is 0 Å². The van der Waals surface area contributed by atoms with E-state index in [0.29, 0.717) is 30.7 Å². The number of carboxylic acid groups (broad SMARTS) is 1. The third-order valence-corrected chi connectivity index (χ3v) is 6.49. The van der Waals surface area contributed by atoms with Crippen LogP contribution in [0.4, 0.5) is 0 Å². The van der Waals surface area contributed by atoms with Crippen LogP contribution in [0.5, 0.6) is 5.75 Å². The highest BCUT2D eigenvalue weighted by molar-refractivity contribution is 7.98. The SMILES string of the molecule is CSCC[C@H](NC(=O)[C@H](CCCCN)NC(=O)[C@H](CCC(N)=O)NC(=O)[C@@H](N)Cc1ccc(O)cc1)C(=O)O. The lowest BCUT2D eigenvalue weighted by Gasteiger charge is -2.25. The summed E-state index contributed by atoms with van der Waals surface area (Å²) in [4.78, 5) is 61.9. The van der Waals surface area contributed by atoms with Gasteiger partial charge in [0.05, 0.1) is 6.04 Å². The lowest BCUT2D eigenvalue weighted by Crippen LogP contribution is -2.57. The minimum Gasteiger partial charge on any atom is -0.508 e. The van der Waals surface area contributed by atoms with Gasteiger partial charge < -0.3 is 43.4 Å². The van der Waals surface area contributed by atoms with Gasteiger partial charge in [-0.2, -0.15) is 11.8 Å². The summed E-state index contributed by atoms with van der Waals surface area (Å²) in [5.74, 6) is -3.41. The van der Waals surface area contributed by atoms with E-state index in [-0.39, 0.29) is 37.9 Å². The number of rotatable bonds is 19. The summed E-state index contributed by atoms with van der Waals surface area (Å²) in [6.45, 7) is 0.365. The number of carbonyl (C=O) groups excluding carboxylic acids is 4. The summed E-state index contributed by atoms with van der Waals surface area (Å²) < 4.78 is 0. The highest BCUT2D eigenvalue weighted by atomic mass is 32.2. The second-order valence-electron chi connectivity index (χ2n) is 9.07. The highest BCUT2D eigenvalue weighted by Gasteiger charge is 2.30. The molecule has 13 nitrogen and oxygen atoms in total. The van der Waals surface area contributed by atoms with Gasteiger partial charge >= 0.3 is 5.97 Å². The number of primary amides is 1. The second-order valence-corrected chi connectivity index (χ2v) is 10.1. The first-order valence-electron chi connectivity index (χ1n) is 12.6. The van der Waals surface area contributed by atoms with Crippen LogP contribution in [0, 0.1) is 0 Å². The molecule has 0 bridgehead atoms. The average Bonchev–Trinajstić information content (AvgIpc) is 2.88. The van der Waals surface area contributed by atoms with Crippen molar-refractivity contribution in [2.45, 2.75) is 69.1 Å². The van der Waals surface area contributed by atoms with Gasteiger partial charge in [-0.3, -0.25) is 19.2 Å². The zero-order valence-electron chi connectivity index (χ0n) is 22.1. The van der Waals surface area contributed by atoms with Crippen molar-refractivity contribution in [1.82, 2.24) is 16.0 Å². The summed E-state index contributed by atoms with van der Waals surface area (Å²) >= 11 is 1.43. The molecule has 4 amide bonds. The molecule has 0 fully saturated rings. The number of amides is 4. The zero-order valence-corrected chi connectivity index (χ0v) is 22.9. The quantitative estimate of drug-likeness (QED) is 0.0941. The van der Waals surface area contributed by atoms with Gasteiger partial charge in [0.25, 0.3) is 0 Å². The van der Waals surface area contributed by atoms with Gasteiger partial charge in [0.2, 0.25) is 23.6 Å². The minimum atomic E-state index is -1.23. The number of phenolic OH excluding ortho intramolecular Hbond substituents is 1. The lowest BCUT2D eigenvalue weighted by atomic mass is 10.0. The summed E-state index contributed by atoms with van der Waals surface area (Å²) in [5.41, 5.74) is 17.5. The maximum Gasteiger partial charge on any atom is 0.326 e. The van der Waals surface area contributed by atoms with Gasteiger partial charge in [0.1, 0.15) is 23.9 Å². The molecule has 11 N–H and O–H groups in total. The third-order valence-electron chi connectivity index (χ3n) is 5.85. The molecule has 1 rings (SSSR count). The van der Waals surface area contributed by atoms with Crippen molar-refractivity contribution < 1.29 is 34.2 Å². The van der Waals surface area contributed by atoms with Crippen molar-refractivity contribution >= 4 is 41.4 Å². The normalized spacial score (nSPS) is 13.9. The molecule has 0 heterocycles.